The number of fused-ring (bicyclic) bond motifs is 4. The highest BCUT2D eigenvalue weighted by atomic mass is 16.3. The molecule has 1 aromatic heterocycles. The molecule has 0 N–H and O–H groups in total. The SMILES string of the molecule is O=c1c(/C=C/c2ccccc2)c2oc3cccnc3nc-2c2ccccc12. The molecule has 0 saturated heterocycles. The number of nitrogens with zero attached hydrogens (tertiary/aromatic N) is 2. The summed E-state index contributed by atoms with van der Waals surface area (Å²) in [5.74, 6) is 0.478. The minimum absolute atomic E-state index is 0.0703. The van der Waals surface area contributed by atoms with Gasteiger partial charge < -0.3 is 4.42 Å². The van der Waals surface area contributed by atoms with Gasteiger partial charge in [-0.1, -0.05) is 60.7 Å². The lowest BCUT2D eigenvalue weighted by Gasteiger charge is -2.11. The Hall–Kier alpha value is -3.79. The van der Waals surface area contributed by atoms with Crippen molar-refractivity contribution in [3.05, 3.63) is 94.3 Å². The molecule has 0 fully saturated rings. The molecule has 0 spiro atoms. The first kappa shape index (κ1) is 15.5. The van der Waals surface area contributed by atoms with Gasteiger partial charge in [-0.25, -0.2) is 9.97 Å². The Labute approximate surface area is 154 Å². The number of aromatic nitrogens is 2. The Morgan fingerprint density at radius 2 is 1.59 bits per heavy atom. The molecule has 2 aliphatic rings. The third-order valence-electron chi connectivity index (χ3n) is 4.55. The Morgan fingerprint density at radius 3 is 2.44 bits per heavy atom. The summed E-state index contributed by atoms with van der Waals surface area (Å²) in [5.41, 5.74) is 3.14. The first-order valence-electron chi connectivity index (χ1n) is 8.65. The van der Waals surface area contributed by atoms with Crippen LogP contribution in [-0.2, 0) is 0 Å². The molecule has 4 heteroatoms. The summed E-state index contributed by atoms with van der Waals surface area (Å²) in [4.78, 5) is 22.1. The van der Waals surface area contributed by atoms with E-state index >= 15 is 0 Å². The van der Waals surface area contributed by atoms with Crippen LogP contribution in [0, 0.1) is 0 Å². The predicted octanol–water partition coefficient (Wildman–Crippen LogP) is 5.01. The minimum Gasteiger partial charge on any atom is -0.450 e. The van der Waals surface area contributed by atoms with E-state index in [1.165, 1.54) is 0 Å². The van der Waals surface area contributed by atoms with Crippen molar-refractivity contribution < 1.29 is 4.42 Å². The molecule has 4 nitrogen and oxygen atoms in total. The van der Waals surface area contributed by atoms with Crippen LogP contribution < -0.4 is 5.43 Å². The molecule has 128 valence electrons. The maximum Gasteiger partial charge on any atom is 0.197 e. The predicted molar refractivity (Wildman–Crippen MR) is 108 cm³/mol. The van der Waals surface area contributed by atoms with Gasteiger partial charge in [-0.2, -0.15) is 0 Å². The summed E-state index contributed by atoms with van der Waals surface area (Å²) in [6.45, 7) is 0. The average molecular weight is 350 g/mol. The van der Waals surface area contributed by atoms with Crippen molar-refractivity contribution in [1.29, 1.82) is 0 Å². The van der Waals surface area contributed by atoms with Crippen LogP contribution in [0.1, 0.15) is 11.1 Å². The van der Waals surface area contributed by atoms with Crippen LogP contribution in [0.15, 0.2) is 82.1 Å². The third kappa shape index (κ3) is 2.59. The highest BCUT2D eigenvalue weighted by Gasteiger charge is 2.20. The molecule has 0 bridgehead atoms. The molecule has 1 aliphatic carbocycles. The summed E-state index contributed by atoms with van der Waals surface area (Å²) >= 11 is 0. The molecule has 2 aromatic carbocycles. The Kier molecular flexibility index (Phi) is 3.54. The maximum absolute atomic E-state index is 13.1. The standard InChI is InChI=1S/C23H14N2O2/c26-21-17-10-5-4-9-16(17)20-22(27-19-11-6-14-24-23(19)25-20)18(21)13-12-15-7-2-1-3-8-15/h1-14H/b13-12+. The molecule has 27 heavy (non-hydrogen) atoms. The second-order valence-corrected chi connectivity index (χ2v) is 6.25. The van der Waals surface area contributed by atoms with Gasteiger partial charge in [0.1, 0.15) is 5.69 Å². The molecular weight excluding hydrogens is 336 g/mol. The van der Waals surface area contributed by atoms with Crippen molar-refractivity contribution in [2.45, 2.75) is 0 Å². The molecule has 1 aliphatic heterocycles. The number of hydrogen-bond donors (Lipinski definition) is 0. The Bertz CT molecular complexity index is 1340. The van der Waals surface area contributed by atoms with E-state index in [9.17, 15) is 4.79 Å². The smallest absolute Gasteiger partial charge is 0.197 e. The van der Waals surface area contributed by atoms with E-state index in [0.29, 0.717) is 33.6 Å². The molecule has 0 atom stereocenters. The molecule has 3 aromatic rings. The first-order chi connectivity index (χ1) is 13.3. The van der Waals surface area contributed by atoms with Crippen LogP contribution >= 0.6 is 0 Å². The first-order valence-corrected chi connectivity index (χ1v) is 8.65. The minimum atomic E-state index is -0.0703. The second kappa shape index (κ2) is 6.18. The lowest BCUT2D eigenvalue weighted by Crippen LogP contribution is -2.10. The highest BCUT2D eigenvalue weighted by molar-refractivity contribution is 6.00. The molecule has 2 heterocycles. The van der Waals surface area contributed by atoms with Gasteiger partial charge in [0.2, 0.25) is 0 Å². The van der Waals surface area contributed by atoms with Gasteiger partial charge in [-0.3, -0.25) is 4.79 Å². The van der Waals surface area contributed by atoms with Crippen LogP contribution in [0.2, 0.25) is 0 Å². The van der Waals surface area contributed by atoms with Crippen LogP contribution in [0.3, 0.4) is 0 Å². The fraction of sp³-hybridized carbons (Fsp3) is 0. The lowest BCUT2D eigenvalue weighted by atomic mass is 9.98. The van der Waals surface area contributed by atoms with Gasteiger partial charge in [-0.05, 0) is 23.8 Å². The van der Waals surface area contributed by atoms with Crippen molar-refractivity contribution in [1.82, 2.24) is 9.97 Å². The fourth-order valence-corrected chi connectivity index (χ4v) is 3.26. The van der Waals surface area contributed by atoms with Gasteiger partial charge in [-0.15, -0.1) is 0 Å². The molecular formula is C23H14N2O2. The Morgan fingerprint density at radius 1 is 0.815 bits per heavy atom. The lowest BCUT2D eigenvalue weighted by molar-refractivity contribution is 0.610. The van der Waals surface area contributed by atoms with E-state index in [-0.39, 0.29) is 5.43 Å². The van der Waals surface area contributed by atoms with E-state index in [2.05, 4.69) is 9.97 Å². The van der Waals surface area contributed by atoms with Crippen molar-refractivity contribution in [2.24, 2.45) is 0 Å². The van der Waals surface area contributed by atoms with Crippen molar-refractivity contribution in [3.63, 3.8) is 0 Å². The Balaban J connectivity index is 1.87. The molecule has 0 saturated carbocycles. The number of hydrogen-bond acceptors (Lipinski definition) is 4. The molecule has 5 rings (SSSR count). The molecule has 0 unspecified atom stereocenters. The summed E-state index contributed by atoms with van der Waals surface area (Å²) < 4.78 is 6.08. The van der Waals surface area contributed by atoms with Crippen molar-refractivity contribution in [2.75, 3.05) is 0 Å². The highest BCUT2D eigenvalue weighted by Crippen LogP contribution is 2.33. The zero-order valence-corrected chi connectivity index (χ0v) is 14.3. The largest absolute Gasteiger partial charge is 0.450 e. The summed E-state index contributed by atoms with van der Waals surface area (Å²) in [6, 6.07) is 20.9. The zero-order valence-electron chi connectivity index (χ0n) is 14.3. The quantitative estimate of drug-likeness (QED) is 0.255. The van der Waals surface area contributed by atoms with Gasteiger partial charge in [0.05, 0.1) is 5.56 Å². The monoisotopic (exact) mass is 350 g/mol. The zero-order chi connectivity index (χ0) is 18.2. The number of pyridine rings is 1. The van der Waals surface area contributed by atoms with Crippen LogP contribution in [0.5, 0.6) is 0 Å². The maximum atomic E-state index is 13.1. The normalized spacial score (nSPS) is 11.7. The summed E-state index contributed by atoms with van der Waals surface area (Å²) in [6.07, 6.45) is 5.39. The van der Waals surface area contributed by atoms with Crippen LogP contribution in [0.25, 0.3) is 45.6 Å². The fourth-order valence-electron chi connectivity index (χ4n) is 3.26. The van der Waals surface area contributed by atoms with Crippen molar-refractivity contribution in [3.8, 4) is 11.5 Å². The van der Waals surface area contributed by atoms with E-state index in [4.69, 9.17) is 4.42 Å². The van der Waals surface area contributed by atoms with Gasteiger partial charge in [0.15, 0.2) is 22.4 Å². The topological polar surface area (TPSA) is 56.0 Å². The second-order valence-electron chi connectivity index (χ2n) is 6.25. The van der Waals surface area contributed by atoms with Gasteiger partial charge in [0, 0.05) is 17.0 Å². The van der Waals surface area contributed by atoms with Crippen LogP contribution in [0.4, 0.5) is 0 Å². The summed E-state index contributed by atoms with van der Waals surface area (Å²) in [5, 5.41) is 1.39. The number of rotatable bonds is 2. The van der Waals surface area contributed by atoms with E-state index < -0.39 is 0 Å². The van der Waals surface area contributed by atoms with E-state index in [0.717, 1.165) is 10.9 Å². The molecule has 0 radical (unpaired) electrons. The average Bonchev–Trinajstić information content (AvgIpc) is 2.73. The van der Waals surface area contributed by atoms with Gasteiger partial charge >= 0.3 is 0 Å². The summed E-state index contributed by atoms with van der Waals surface area (Å²) in [7, 11) is 0. The van der Waals surface area contributed by atoms with Crippen molar-refractivity contribution >= 4 is 34.2 Å². The third-order valence-corrected chi connectivity index (χ3v) is 4.55. The molecule has 0 amide bonds. The number of benzene rings is 3. The van der Waals surface area contributed by atoms with Crippen LogP contribution in [-0.4, -0.2) is 9.97 Å². The van der Waals surface area contributed by atoms with E-state index in [1.807, 2.05) is 60.7 Å². The van der Waals surface area contributed by atoms with E-state index in [1.54, 1.807) is 24.4 Å². The van der Waals surface area contributed by atoms with Gasteiger partial charge in [0.25, 0.3) is 0 Å².